The van der Waals surface area contributed by atoms with Crippen molar-refractivity contribution in [1.82, 2.24) is 0 Å². The predicted molar refractivity (Wildman–Crippen MR) is 110 cm³/mol. The SMILES string of the molecule is CC(C)(C)C1COCCOCCOCCOCCOCCOc2ccccc2O1. The second kappa shape index (κ2) is 13.8. The van der Waals surface area contributed by atoms with E-state index in [-0.39, 0.29) is 11.5 Å². The van der Waals surface area contributed by atoms with Crippen molar-refractivity contribution in [2.75, 3.05) is 72.7 Å². The molecule has 0 amide bonds. The smallest absolute Gasteiger partial charge is 0.161 e. The molecule has 1 aliphatic heterocycles. The van der Waals surface area contributed by atoms with Crippen LogP contribution in [0.3, 0.4) is 0 Å². The molecule has 2 rings (SSSR count). The molecule has 0 fully saturated rings. The van der Waals surface area contributed by atoms with Gasteiger partial charge in [0.1, 0.15) is 12.7 Å². The normalized spacial score (nSPS) is 22.4. The number of benzene rings is 1. The molecule has 0 aromatic heterocycles. The molecule has 29 heavy (non-hydrogen) atoms. The van der Waals surface area contributed by atoms with E-state index in [9.17, 15) is 0 Å². The predicted octanol–water partition coefficient (Wildman–Crippen LogP) is 2.96. The molecule has 1 heterocycles. The van der Waals surface area contributed by atoms with Gasteiger partial charge in [-0.2, -0.15) is 0 Å². The summed E-state index contributed by atoms with van der Waals surface area (Å²) >= 11 is 0. The van der Waals surface area contributed by atoms with Crippen LogP contribution in [0, 0.1) is 5.41 Å². The van der Waals surface area contributed by atoms with E-state index in [1.807, 2.05) is 24.3 Å². The van der Waals surface area contributed by atoms with Gasteiger partial charge in [0.25, 0.3) is 0 Å². The summed E-state index contributed by atoms with van der Waals surface area (Å²) in [6.45, 7) is 12.1. The minimum absolute atomic E-state index is 0.0971. The second-order valence-corrected chi connectivity index (χ2v) is 7.79. The number of hydrogen-bond donors (Lipinski definition) is 0. The first-order valence-corrected chi connectivity index (χ1v) is 10.3. The van der Waals surface area contributed by atoms with E-state index in [0.717, 1.165) is 0 Å². The first-order chi connectivity index (χ1) is 14.1. The Morgan fingerprint density at radius 1 is 0.621 bits per heavy atom. The topological polar surface area (TPSA) is 64.6 Å². The third-order valence-corrected chi connectivity index (χ3v) is 4.33. The fourth-order valence-electron chi connectivity index (χ4n) is 2.56. The molecule has 0 spiro atoms. The quantitative estimate of drug-likeness (QED) is 0.649. The standard InChI is InChI=1S/C22H36O7/c1-22(2,3)21-18-27-15-14-25-11-10-23-8-9-24-12-13-26-16-17-28-19-6-4-5-7-20(19)29-21/h4-7,21H,8-18H2,1-3H3. The van der Waals surface area contributed by atoms with Crippen molar-refractivity contribution in [3.05, 3.63) is 24.3 Å². The maximum Gasteiger partial charge on any atom is 0.161 e. The summed E-state index contributed by atoms with van der Waals surface area (Å²) < 4.78 is 40.0. The van der Waals surface area contributed by atoms with Crippen LogP contribution in [-0.2, 0) is 23.7 Å². The van der Waals surface area contributed by atoms with Gasteiger partial charge in [-0.3, -0.25) is 0 Å². The summed E-state index contributed by atoms with van der Waals surface area (Å²) in [4.78, 5) is 0. The highest BCUT2D eigenvalue weighted by Crippen LogP contribution is 2.31. The van der Waals surface area contributed by atoms with Gasteiger partial charge in [-0.25, -0.2) is 0 Å². The summed E-state index contributed by atoms with van der Waals surface area (Å²) in [5.74, 6) is 1.41. The van der Waals surface area contributed by atoms with Crippen LogP contribution in [0.4, 0.5) is 0 Å². The van der Waals surface area contributed by atoms with Crippen molar-refractivity contribution in [2.45, 2.75) is 26.9 Å². The fraction of sp³-hybridized carbons (Fsp3) is 0.727. The maximum absolute atomic E-state index is 6.29. The number of hydrogen-bond acceptors (Lipinski definition) is 7. The van der Waals surface area contributed by atoms with Crippen molar-refractivity contribution in [3.63, 3.8) is 0 Å². The van der Waals surface area contributed by atoms with Crippen molar-refractivity contribution in [1.29, 1.82) is 0 Å². The zero-order valence-electron chi connectivity index (χ0n) is 18.0. The van der Waals surface area contributed by atoms with Crippen molar-refractivity contribution < 1.29 is 33.2 Å². The van der Waals surface area contributed by atoms with Crippen LogP contribution in [-0.4, -0.2) is 78.8 Å². The molecule has 1 atom stereocenters. The summed E-state index contributed by atoms with van der Waals surface area (Å²) in [6.07, 6.45) is -0.127. The van der Waals surface area contributed by atoms with Crippen molar-refractivity contribution in [2.24, 2.45) is 5.41 Å². The second-order valence-electron chi connectivity index (χ2n) is 7.79. The Bertz CT molecular complexity index is 544. The molecular weight excluding hydrogens is 376 g/mol. The third kappa shape index (κ3) is 10.3. The van der Waals surface area contributed by atoms with E-state index in [0.29, 0.717) is 84.2 Å². The van der Waals surface area contributed by atoms with Gasteiger partial charge >= 0.3 is 0 Å². The molecule has 1 aromatic rings. The van der Waals surface area contributed by atoms with E-state index in [1.54, 1.807) is 0 Å². The van der Waals surface area contributed by atoms with Crippen LogP contribution in [0.5, 0.6) is 11.5 Å². The molecule has 7 nitrogen and oxygen atoms in total. The Balaban J connectivity index is 1.94. The van der Waals surface area contributed by atoms with Gasteiger partial charge < -0.3 is 33.2 Å². The van der Waals surface area contributed by atoms with Gasteiger partial charge in [0.05, 0.1) is 66.1 Å². The van der Waals surface area contributed by atoms with Crippen LogP contribution < -0.4 is 9.47 Å². The molecule has 1 aliphatic rings. The van der Waals surface area contributed by atoms with Crippen LogP contribution in [0.15, 0.2) is 24.3 Å². The summed E-state index contributed by atoms with van der Waals surface area (Å²) in [7, 11) is 0. The van der Waals surface area contributed by atoms with Crippen LogP contribution in [0.2, 0.25) is 0 Å². The highest BCUT2D eigenvalue weighted by Gasteiger charge is 2.28. The summed E-state index contributed by atoms with van der Waals surface area (Å²) in [6, 6.07) is 7.69. The Labute approximate surface area is 174 Å². The minimum Gasteiger partial charge on any atom is -0.487 e. The van der Waals surface area contributed by atoms with E-state index in [1.165, 1.54) is 0 Å². The van der Waals surface area contributed by atoms with E-state index in [4.69, 9.17) is 33.2 Å². The molecule has 1 aromatic carbocycles. The van der Waals surface area contributed by atoms with Crippen LogP contribution in [0.25, 0.3) is 0 Å². The molecule has 7 heteroatoms. The van der Waals surface area contributed by atoms with E-state index >= 15 is 0 Å². The van der Waals surface area contributed by atoms with Crippen molar-refractivity contribution >= 4 is 0 Å². The van der Waals surface area contributed by atoms with Crippen LogP contribution >= 0.6 is 0 Å². The van der Waals surface area contributed by atoms with E-state index in [2.05, 4.69) is 20.8 Å². The summed E-state index contributed by atoms with van der Waals surface area (Å²) in [5, 5.41) is 0. The highest BCUT2D eigenvalue weighted by atomic mass is 16.6. The first kappa shape index (κ1) is 23.9. The Kier molecular flexibility index (Phi) is 11.3. The van der Waals surface area contributed by atoms with Gasteiger partial charge in [0.2, 0.25) is 0 Å². The lowest BCUT2D eigenvalue weighted by atomic mass is 9.89. The number of rotatable bonds is 0. The lowest BCUT2D eigenvalue weighted by molar-refractivity contribution is -0.0339. The lowest BCUT2D eigenvalue weighted by Gasteiger charge is -2.31. The van der Waals surface area contributed by atoms with Crippen LogP contribution in [0.1, 0.15) is 20.8 Å². The fourth-order valence-corrected chi connectivity index (χ4v) is 2.56. The molecule has 0 bridgehead atoms. The van der Waals surface area contributed by atoms with Gasteiger partial charge in [0, 0.05) is 5.41 Å². The molecule has 0 aliphatic carbocycles. The largest absolute Gasteiger partial charge is 0.487 e. The van der Waals surface area contributed by atoms with Gasteiger partial charge in [-0.15, -0.1) is 0 Å². The average molecular weight is 413 g/mol. The lowest BCUT2D eigenvalue weighted by Crippen LogP contribution is -2.37. The Hall–Kier alpha value is -1.38. The molecule has 0 saturated heterocycles. The molecule has 0 N–H and O–H groups in total. The molecule has 0 saturated carbocycles. The number of fused-ring (bicyclic) bond motifs is 1. The minimum atomic E-state index is -0.127. The third-order valence-electron chi connectivity index (χ3n) is 4.33. The first-order valence-electron chi connectivity index (χ1n) is 10.3. The van der Waals surface area contributed by atoms with E-state index < -0.39 is 0 Å². The highest BCUT2D eigenvalue weighted by molar-refractivity contribution is 5.39. The zero-order chi connectivity index (χ0) is 20.8. The van der Waals surface area contributed by atoms with Crippen molar-refractivity contribution in [3.8, 4) is 11.5 Å². The molecular formula is C22H36O7. The monoisotopic (exact) mass is 412 g/mol. The summed E-state index contributed by atoms with van der Waals surface area (Å²) in [5.41, 5.74) is -0.0971. The van der Waals surface area contributed by atoms with Gasteiger partial charge in [0.15, 0.2) is 11.5 Å². The van der Waals surface area contributed by atoms with Gasteiger partial charge in [-0.05, 0) is 12.1 Å². The van der Waals surface area contributed by atoms with Gasteiger partial charge in [-0.1, -0.05) is 32.9 Å². The Morgan fingerprint density at radius 2 is 1.07 bits per heavy atom. The zero-order valence-corrected chi connectivity index (χ0v) is 18.0. The maximum atomic E-state index is 6.29. The Morgan fingerprint density at radius 3 is 1.59 bits per heavy atom. The molecule has 0 radical (unpaired) electrons. The number of ether oxygens (including phenoxy) is 7. The molecule has 1 unspecified atom stereocenters. The molecule has 166 valence electrons. The number of para-hydroxylation sites is 2. The average Bonchev–Trinajstić information content (AvgIpc) is 2.69.